The van der Waals surface area contributed by atoms with Gasteiger partial charge in [0.15, 0.2) is 5.17 Å². The number of nitrogens with zero attached hydrogens (tertiary/aromatic N) is 2. The fourth-order valence-corrected chi connectivity index (χ4v) is 4.29. The number of sulfonamides is 1. The van der Waals surface area contributed by atoms with Crippen LogP contribution in [0.2, 0.25) is 5.02 Å². The molecule has 0 atom stereocenters. The summed E-state index contributed by atoms with van der Waals surface area (Å²) in [5, 5.41) is 1.27. The van der Waals surface area contributed by atoms with Crippen molar-refractivity contribution in [2.24, 2.45) is 4.99 Å². The van der Waals surface area contributed by atoms with E-state index in [-0.39, 0.29) is 5.75 Å². The van der Waals surface area contributed by atoms with E-state index >= 15 is 0 Å². The number of aliphatic imine (C=N–C) groups is 1. The monoisotopic (exact) mass is 318 g/mol. The third-order valence-corrected chi connectivity index (χ3v) is 5.91. The molecule has 0 saturated carbocycles. The van der Waals surface area contributed by atoms with Crippen molar-refractivity contribution in [3.05, 3.63) is 34.9 Å². The van der Waals surface area contributed by atoms with Crippen LogP contribution in [0.15, 0.2) is 29.3 Å². The molecule has 7 heteroatoms. The Bertz CT molecular complexity index is 587. The molecule has 2 rings (SSSR count). The Labute approximate surface area is 122 Å². The Morgan fingerprint density at radius 3 is 2.95 bits per heavy atom. The molecule has 0 radical (unpaired) electrons. The van der Waals surface area contributed by atoms with Crippen molar-refractivity contribution < 1.29 is 8.42 Å². The molecule has 0 saturated heterocycles. The van der Waals surface area contributed by atoms with Crippen LogP contribution in [0.4, 0.5) is 0 Å². The summed E-state index contributed by atoms with van der Waals surface area (Å²) in [4.78, 5) is 4.26. The maximum atomic E-state index is 11.9. The summed E-state index contributed by atoms with van der Waals surface area (Å²) in [6.07, 6.45) is 0. The van der Waals surface area contributed by atoms with Crippen molar-refractivity contribution in [1.29, 1.82) is 0 Å². The molecule has 0 N–H and O–H groups in total. The minimum absolute atomic E-state index is 0.101. The number of thioether (sulfide) groups is 1. The molecule has 19 heavy (non-hydrogen) atoms. The van der Waals surface area contributed by atoms with E-state index in [0.717, 1.165) is 5.56 Å². The first kappa shape index (κ1) is 14.7. The van der Waals surface area contributed by atoms with Gasteiger partial charge in [-0.05, 0) is 24.6 Å². The van der Waals surface area contributed by atoms with Gasteiger partial charge in [0, 0.05) is 10.8 Å². The number of benzene rings is 1. The van der Waals surface area contributed by atoms with Crippen LogP contribution in [0.3, 0.4) is 0 Å². The Morgan fingerprint density at radius 2 is 2.26 bits per heavy atom. The van der Waals surface area contributed by atoms with E-state index in [1.807, 2.05) is 24.3 Å². The van der Waals surface area contributed by atoms with E-state index in [0.29, 0.717) is 29.0 Å². The average Bonchev–Trinajstić information content (AvgIpc) is 2.85. The van der Waals surface area contributed by atoms with Gasteiger partial charge in [0.25, 0.3) is 0 Å². The molecule has 4 nitrogen and oxygen atoms in total. The highest BCUT2D eigenvalue weighted by molar-refractivity contribution is 8.14. The molecule has 0 bridgehead atoms. The molecule has 0 aromatic heterocycles. The second-order valence-corrected chi connectivity index (χ2v) is 7.62. The molecule has 1 aliphatic heterocycles. The summed E-state index contributed by atoms with van der Waals surface area (Å²) in [6, 6.07) is 7.54. The van der Waals surface area contributed by atoms with Crippen LogP contribution < -0.4 is 0 Å². The SMILES string of the molecule is CCS(=O)(=O)N1CCN=C1SCc1cccc(Cl)c1. The van der Waals surface area contributed by atoms with Crippen molar-refractivity contribution in [3.63, 3.8) is 0 Å². The summed E-state index contributed by atoms with van der Waals surface area (Å²) < 4.78 is 25.2. The molecule has 0 aliphatic carbocycles. The van der Waals surface area contributed by atoms with Crippen LogP contribution in [0.25, 0.3) is 0 Å². The standard InChI is InChI=1S/C12H15ClN2O2S2/c1-2-19(16,17)15-7-6-14-12(15)18-9-10-4-3-5-11(13)8-10/h3-5,8H,2,6-7,9H2,1H3. The predicted octanol–water partition coefficient (Wildman–Crippen LogP) is 2.59. The number of halogens is 1. The number of rotatable bonds is 4. The lowest BCUT2D eigenvalue weighted by atomic mass is 10.2. The number of hydrogen-bond acceptors (Lipinski definition) is 4. The highest BCUT2D eigenvalue weighted by atomic mass is 35.5. The van der Waals surface area contributed by atoms with Crippen molar-refractivity contribution in [1.82, 2.24) is 4.31 Å². The summed E-state index contributed by atoms with van der Waals surface area (Å²) in [5.74, 6) is 0.763. The maximum Gasteiger partial charge on any atom is 0.236 e. The Morgan fingerprint density at radius 1 is 1.47 bits per heavy atom. The largest absolute Gasteiger partial charge is 0.260 e. The first-order chi connectivity index (χ1) is 9.03. The van der Waals surface area contributed by atoms with Crippen molar-refractivity contribution in [3.8, 4) is 0 Å². The maximum absolute atomic E-state index is 11.9. The molecular formula is C12H15ClN2O2S2. The molecular weight excluding hydrogens is 304 g/mol. The third kappa shape index (κ3) is 3.64. The second kappa shape index (κ2) is 6.15. The van der Waals surface area contributed by atoms with E-state index in [2.05, 4.69) is 4.99 Å². The smallest absolute Gasteiger partial charge is 0.236 e. The molecule has 0 amide bonds. The van der Waals surface area contributed by atoms with Gasteiger partial charge in [-0.15, -0.1) is 0 Å². The summed E-state index contributed by atoms with van der Waals surface area (Å²) in [6.45, 7) is 2.64. The second-order valence-electron chi connectivity index (χ2n) is 4.06. The molecule has 1 aliphatic rings. The lowest BCUT2D eigenvalue weighted by Gasteiger charge is -2.18. The quantitative estimate of drug-likeness (QED) is 0.857. The van der Waals surface area contributed by atoms with Crippen LogP contribution in [0, 0.1) is 0 Å². The van der Waals surface area contributed by atoms with Gasteiger partial charge in [-0.1, -0.05) is 35.5 Å². The zero-order valence-electron chi connectivity index (χ0n) is 10.5. The van der Waals surface area contributed by atoms with Gasteiger partial charge in [0.05, 0.1) is 18.8 Å². The van der Waals surface area contributed by atoms with Crippen molar-refractivity contribution in [2.45, 2.75) is 12.7 Å². The van der Waals surface area contributed by atoms with Gasteiger partial charge in [-0.2, -0.15) is 0 Å². The fourth-order valence-electron chi connectivity index (χ4n) is 1.72. The fraction of sp³-hybridized carbons (Fsp3) is 0.417. The Balaban J connectivity index is 2.03. The predicted molar refractivity (Wildman–Crippen MR) is 81.2 cm³/mol. The summed E-state index contributed by atoms with van der Waals surface area (Å²) in [5.41, 5.74) is 1.06. The molecule has 0 fully saturated rings. The number of hydrogen-bond donors (Lipinski definition) is 0. The number of amidine groups is 1. The zero-order valence-corrected chi connectivity index (χ0v) is 12.9. The first-order valence-electron chi connectivity index (χ1n) is 5.95. The van der Waals surface area contributed by atoms with Crippen LogP contribution in [0.5, 0.6) is 0 Å². The van der Waals surface area contributed by atoms with Gasteiger partial charge in [-0.3, -0.25) is 4.99 Å². The van der Waals surface area contributed by atoms with E-state index in [1.54, 1.807) is 6.92 Å². The molecule has 1 aromatic rings. The van der Waals surface area contributed by atoms with E-state index in [1.165, 1.54) is 16.1 Å². The molecule has 1 aromatic carbocycles. The normalized spacial score (nSPS) is 15.7. The van der Waals surface area contributed by atoms with Crippen LogP contribution in [0.1, 0.15) is 12.5 Å². The Kier molecular flexibility index (Phi) is 4.76. The lowest BCUT2D eigenvalue weighted by molar-refractivity contribution is 0.541. The van der Waals surface area contributed by atoms with E-state index in [9.17, 15) is 8.42 Å². The van der Waals surface area contributed by atoms with Gasteiger partial charge in [-0.25, -0.2) is 12.7 Å². The third-order valence-electron chi connectivity index (χ3n) is 2.72. The molecule has 0 spiro atoms. The molecule has 1 heterocycles. The van der Waals surface area contributed by atoms with Crippen LogP contribution >= 0.6 is 23.4 Å². The summed E-state index contributed by atoms with van der Waals surface area (Å²) >= 11 is 7.35. The van der Waals surface area contributed by atoms with Crippen LogP contribution in [-0.2, 0) is 15.8 Å². The van der Waals surface area contributed by atoms with Crippen molar-refractivity contribution >= 4 is 38.6 Å². The molecule has 104 valence electrons. The lowest BCUT2D eigenvalue weighted by Crippen LogP contribution is -2.34. The van der Waals surface area contributed by atoms with Gasteiger partial charge >= 0.3 is 0 Å². The summed E-state index contributed by atoms with van der Waals surface area (Å²) in [7, 11) is -3.20. The van der Waals surface area contributed by atoms with Gasteiger partial charge in [0.1, 0.15) is 0 Å². The van der Waals surface area contributed by atoms with E-state index in [4.69, 9.17) is 11.6 Å². The van der Waals surface area contributed by atoms with Gasteiger partial charge < -0.3 is 0 Å². The topological polar surface area (TPSA) is 49.7 Å². The minimum atomic E-state index is -3.20. The van der Waals surface area contributed by atoms with Crippen molar-refractivity contribution in [2.75, 3.05) is 18.8 Å². The minimum Gasteiger partial charge on any atom is -0.260 e. The highest BCUT2D eigenvalue weighted by Crippen LogP contribution is 2.23. The molecule has 0 unspecified atom stereocenters. The zero-order chi connectivity index (χ0) is 13.9. The Hall–Kier alpha value is -0.720. The van der Waals surface area contributed by atoms with E-state index < -0.39 is 10.0 Å². The average molecular weight is 319 g/mol. The van der Waals surface area contributed by atoms with Gasteiger partial charge in [0.2, 0.25) is 10.0 Å². The van der Waals surface area contributed by atoms with Crippen LogP contribution in [-0.4, -0.2) is 36.7 Å². The first-order valence-corrected chi connectivity index (χ1v) is 8.92. The highest BCUT2D eigenvalue weighted by Gasteiger charge is 2.27.